The van der Waals surface area contributed by atoms with E-state index in [-0.39, 0.29) is 36.6 Å². The highest BCUT2D eigenvalue weighted by Crippen LogP contribution is 2.18. The molecule has 3 rings (SSSR count). The van der Waals surface area contributed by atoms with E-state index in [9.17, 15) is 19.2 Å². The maximum Gasteiger partial charge on any atom is 0.410 e. The molecule has 1 atom stereocenters. The van der Waals surface area contributed by atoms with Crippen molar-refractivity contribution in [3.05, 3.63) is 32.1 Å². The zero-order valence-electron chi connectivity index (χ0n) is 12.0. The molecule has 22 heavy (non-hydrogen) atoms. The van der Waals surface area contributed by atoms with Crippen LogP contribution in [0, 0.1) is 6.92 Å². The van der Waals surface area contributed by atoms with Crippen LogP contribution in [0.25, 0.3) is 0 Å². The third-order valence-corrected chi connectivity index (χ3v) is 4.05. The number of aromatic nitrogens is 2. The summed E-state index contributed by atoms with van der Waals surface area (Å²) in [4.78, 5) is 54.5. The number of carbonyl (C=O) groups excluding carboxylic acids is 2. The molecule has 0 spiro atoms. The van der Waals surface area contributed by atoms with Crippen molar-refractivity contribution in [1.29, 1.82) is 0 Å². The summed E-state index contributed by atoms with van der Waals surface area (Å²) in [5.74, 6) is -0.209. The number of piperazine rings is 1. The standard InChI is InChI=1S/C13H16N4O5/c1-7-9(11(19)15-12(20)14-7)4-10(18)16-2-3-17-8(5-16)6-22-13(17)21/h8H,2-6H2,1H3,(H2,14,15,19,20). The quantitative estimate of drug-likeness (QED) is 0.695. The van der Waals surface area contributed by atoms with Crippen molar-refractivity contribution in [1.82, 2.24) is 19.8 Å². The number of hydrogen-bond donors (Lipinski definition) is 2. The van der Waals surface area contributed by atoms with Crippen LogP contribution in [0.2, 0.25) is 0 Å². The van der Waals surface area contributed by atoms with Gasteiger partial charge in [0.05, 0.1) is 12.5 Å². The van der Waals surface area contributed by atoms with Crippen molar-refractivity contribution >= 4 is 12.0 Å². The number of nitrogens with zero attached hydrogens (tertiary/aromatic N) is 2. The van der Waals surface area contributed by atoms with Crippen LogP contribution in [0.15, 0.2) is 9.59 Å². The normalized spacial score (nSPS) is 20.8. The SMILES string of the molecule is Cc1[nH]c(=O)[nH]c(=O)c1CC(=O)N1CCN2C(=O)OCC2C1. The van der Waals surface area contributed by atoms with E-state index in [4.69, 9.17) is 4.74 Å². The highest BCUT2D eigenvalue weighted by Gasteiger charge is 2.38. The maximum atomic E-state index is 12.4. The van der Waals surface area contributed by atoms with Crippen molar-refractivity contribution in [3.63, 3.8) is 0 Å². The molecule has 1 unspecified atom stereocenters. The molecule has 118 valence electrons. The molecule has 0 saturated carbocycles. The number of carbonyl (C=O) groups is 2. The number of rotatable bonds is 2. The Hall–Kier alpha value is -2.58. The molecule has 1 aromatic rings. The summed E-state index contributed by atoms with van der Waals surface area (Å²) in [6, 6.07) is -0.125. The van der Waals surface area contributed by atoms with E-state index in [0.717, 1.165) is 0 Å². The van der Waals surface area contributed by atoms with E-state index in [0.29, 0.717) is 25.3 Å². The molecule has 2 aliphatic rings. The van der Waals surface area contributed by atoms with Crippen molar-refractivity contribution < 1.29 is 14.3 Å². The minimum Gasteiger partial charge on any atom is -0.447 e. The van der Waals surface area contributed by atoms with E-state index >= 15 is 0 Å². The molecule has 2 fully saturated rings. The average Bonchev–Trinajstić information content (AvgIpc) is 2.83. The van der Waals surface area contributed by atoms with Crippen LogP contribution >= 0.6 is 0 Å². The maximum absolute atomic E-state index is 12.4. The Kier molecular flexibility index (Phi) is 3.47. The molecule has 2 amide bonds. The van der Waals surface area contributed by atoms with Crippen LogP contribution in [0.1, 0.15) is 11.3 Å². The van der Waals surface area contributed by atoms with Crippen LogP contribution in [0.4, 0.5) is 4.79 Å². The molecular weight excluding hydrogens is 292 g/mol. The topological polar surface area (TPSA) is 116 Å². The molecule has 3 heterocycles. The highest BCUT2D eigenvalue weighted by molar-refractivity contribution is 5.79. The predicted octanol–water partition coefficient (Wildman–Crippen LogP) is -1.42. The van der Waals surface area contributed by atoms with Crippen molar-refractivity contribution in [2.45, 2.75) is 19.4 Å². The highest BCUT2D eigenvalue weighted by atomic mass is 16.6. The molecule has 9 nitrogen and oxygen atoms in total. The first kappa shape index (κ1) is 14.4. The summed E-state index contributed by atoms with van der Waals surface area (Å²) in [6.07, 6.45) is -0.426. The second kappa shape index (κ2) is 5.32. The lowest BCUT2D eigenvalue weighted by Crippen LogP contribution is -2.54. The molecule has 0 radical (unpaired) electrons. The van der Waals surface area contributed by atoms with Crippen molar-refractivity contribution in [3.8, 4) is 0 Å². The molecule has 2 N–H and O–H groups in total. The van der Waals surface area contributed by atoms with Crippen LogP contribution in [-0.4, -0.2) is 64.1 Å². The minimum absolute atomic E-state index is 0.0839. The van der Waals surface area contributed by atoms with Gasteiger partial charge in [-0.15, -0.1) is 0 Å². The average molecular weight is 308 g/mol. The zero-order chi connectivity index (χ0) is 15.9. The second-order valence-corrected chi connectivity index (χ2v) is 5.45. The molecule has 1 aromatic heterocycles. The van der Waals surface area contributed by atoms with Crippen molar-refractivity contribution in [2.24, 2.45) is 0 Å². The van der Waals surface area contributed by atoms with E-state index in [1.54, 1.807) is 16.7 Å². The molecular formula is C13H16N4O5. The van der Waals surface area contributed by atoms with Gasteiger partial charge in [0.2, 0.25) is 5.91 Å². The van der Waals surface area contributed by atoms with Crippen molar-refractivity contribution in [2.75, 3.05) is 26.2 Å². The first-order valence-corrected chi connectivity index (χ1v) is 6.99. The number of fused-ring (bicyclic) bond motifs is 1. The lowest BCUT2D eigenvalue weighted by molar-refractivity contribution is -0.132. The number of hydrogen-bond acceptors (Lipinski definition) is 5. The lowest BCUT2D eigenvalue weighted by atomic mass is 10.1. The Bertz CT molecular complexity index is 737. The Balaban J connectivity index is 1.72. The second-order valence-electron chi connectivity index (χ2n) is 5.45. The molecule has 0 aromatic carbocycles. The van der Waals surface area contributed by atoms with E-state index in [2.05, 4.69) is 9.97 Å². The third-order valence-electron chi connectivity index (χ3n) is 4.05. The molecule has 0 bridgehead atoms. The first-order valence-electron chi connectivity index (χ1n) is 6.99. The summed E-state index contributed by atoms with van der Waals surface area (Å²) >= 11 is 0. The van der Waals surface area contributed by atoms with E-state index < -0.39 is 11.2 Å². The summed E-state index contributed by atoms with van der Waals surface area (Å²) in [7, 11) is 0. The summed E-state index contributed by atoms with van der Waals surface area (Å²) in [6.45, 7) is 3.09. The van der Waals surface area contributed by atoms with Gasteiger partial charge < -0.3 is 14.6 Å². The van der Waals surface area contributed by atoms with Gasteiger partial charge in [0.1, 0.15) is 6.61 Å². The largest absolute Gasteiger partial charge is 0.447 e. The van der Waals surface area contributed by atoms with Gasteiger partial charge in [-0.05, 0) is 6.92 Å². The molecule has 2 saturated heterocycles. The Morgan fingerprint density at radius 1 is 1.27 bits per heavy atom. The Morgan fingerprint density at radius 2 is 2.05 bits per heavy atom. The van der Waals surface area contributed by atoms with Crippen LogP contribution in [0.3, 0.4) is 0 Å². The molecule has 9 heteroatoms. The summed E-state index contributed by atoms with van der Waals surface area (Å²) in [5.41, 5.74) is -0.493. The van der Waals surface area contributed by atoms with E-state index in [1.807, 2.05) is 0 Å². The number of aryl methyl sites for hydroxylation is 1. The molecule has 2 aliphatic heterocycles. The fraction of sp³-hybridized carbons (Fsp3) is 0.538. The number of amides is 2. The number of cyclic esters (lactones) is 1. The third kappa shape index (κ3) is 2.49. The van der Waals surface area contributed by atoms with Gasteiger partial charge >= 0.3 is 11.8 Å². The Morgan fingerprint density at radius 3 is 2.77 bits per heavy atom. The van der Waals surface area contributed by atoms with Gasteiger partial charge in [-0.1, -0.05) is 0 Å². The fourth-order valence-corrected chi connectivity index (χ4v) is 2.82. The number of nitrogens with one attached hydrogen (secondary N) is 2. The number of H-pyrrole nitrogens is 2. The van der Waals surface area contributed by atoms with Crippen LogP contribution in [0.5, 0.6) is 0 Å². The zero-order valence-corrected chi connectivity index (χ0v) is 12.0. The van der Waals surface area contributed by atoms with Crippen LogP contribution < -0.4 is 11.2 Å². The number of aromatic amines is 2. The number of ether oxygens (including phenoxy) is 1. The van der Waals surface area contributed by atoms with Gasteiger partial charge in [0.15, 0.2) is 0 Å². The minimum atomic E-state index is -0.589. The predicted molar refractivity (Wildman–Crippen MR) is 74.5 cm³/mol. The van der Waals surface area contributed by atoms with E-state index in [1.165, 1.54) is 0 Å². The summed E-state index contributed by atoms with van der Waals surface area (Å²) in [5, 5.41) is 0. The van der Waals surface area contributed by atoms with Gasteiger partial charge in [0, 0.05) is 30.9 Å². The smallest absolute Gasteiger partial charge is 0.410 e. The summed E-state index contributed by atoms with van der Waals surface area (Å²) < 4.78 is 4.95. The van der Waals surface area contributed by atoms with Gasteiger partial charge in [0.25, 0.3) is 5.56 Å². The van der Waals surface area contributed by atoms with Gasteiger partial charge in [-0.25, -0.2) is 9.59 Å². The van der Waals surface area contributed by atoms with Crippen LogP contribution in [-0.2, 0) is 16.0 Å². The lowest BCUT2D eigenvalue weighted by Gasteiger charge is -2.35. The Labute approximate surface area is 124 Å². The molecule has 0 aliphatic carbocycles. The first-order chi connectivity index (χ1) is 10.5. The fourth-order valence-electron chi connectivity index (χ4n) is 2.82. The van der Waals surface area contributed by atoms with Gasteiger partial charge in [-0.3, -0.25) is 19.5 Å². The van der Waals surface area contributed by atoms with Gasteiger partial charge in [-0.2, -0.15) is 0 Å². The monoisotopic (exact) mass is 308 g/mol.